The summed E-state index contributed by atoms with van der Waals surface area (Å²) < 4.78 is 0. The minimum atomic E-state index is -1.24. The van der Waals surface area contributed by atoms with E-state index in [1.54, 1.807) is 0 Å². The van der Waals surface area contributed by atoms with Gasteiger partial charge in [0, 0.05) is 11.0 Å². The zero-order chi connectivity index (χ0) is 21.0. The SMILES string of the molecule is CCCCCNC1C(=O)N2C(C(=O)O)=C(C(CC(=O)O)Sc3nnn[nH]3)CS[C@@H]12. The Kier molecular flexibility index (Phi) is 7.14. The fraction of sp³-hybridized carbons (Fsp3) is 0.625. The number of carboxylic acid groups (broad SMARTS) is 2. The molecule has 4 N–H and O–H groups in total. The minimum Gasteiger partial charge on any atom is -0.481 e. The second-order valence-corrected chi connectivity index (χ2v) is 8.93. The third-order valence-electron chi connectivity index (χ3n) is 4.67. The molecule has 158 valence electrons. The number of β-lactam (4-membered cyclic amide) rings is 1. The number of hydrogen-bond donors (Lipinski definition) is 4. The molecule has 1 fully saturated rings. The number of nitrogens with one attached hydrogen (secondary N) is 2. The molecule has 13 heteroatoms. The summed E-state index contributed by atoms with van der Waals surface area (Å²) in [6, 6.07) is -0.420. The number of carbonyl (C=O) groups excluding carboxylic acids is 1. The first kappa shape index (κ1) is 21.6. The molecule has 1 amide bonds. The van der Waals surface area contributed by atoms with Gasteiger partial charge in [-0.15, -0.1) is 16.9 Å². The fourth-order valence-electron chi connectivity index (χ4n) is 3.31. The Morgan fingerprint density at radius 3 is 2.83 bits per heavy atom. The van der Waals surface area contributed by atoms with E-state index in [1.165, 1.54) is 16.7 Å². The summed E-state index contributed by atoms with van der Waals surface area (Å²) in [7, 11) is 0. The lowest BCUT2D eigenvalue weighted by Crippen LogP contribution is -2.70. The van der Waals surface area contributed by atoms with Crippen LogP contribution in [0.25, 0.3) is 0 Å². The van der Waals surface area contributed by atoms with E-state index in [4.69, 9.17) is 0 Å². The number of H-pyrrole nitrogens is 1. The van der Waals surface area contributed by atoms with Crippen molar-refractivity contribution in [2.45, 2.75) is 54.4 Å². The summed E-state index contributed by atoms with van der Waals surface area (Å²) in [6.07, 6.45) is 2.77. The van der Waals surface area contributed by atoms with E-state index in [-0.39, 0.29) is 28.6 Å². The molecule has 0 bridgehead atoms. The molecule has 2 unspecified atom stereocenters. The first-order valence-corrected chi connectivity index (χ1v) is 11.1. The predicted octanol–water partition coefficient (Wildman–Crippen LogP) is 0.537. The van der Waals surface area contributed by atoms with Crippen molar-refractivity contribution < 1.29 is 24.6 Å². The maximum atomic E-state index is 12.7. The summed E-state index contributed by atoms with van der Waals surface area (Å²) in [5.41, 5.74) is 0.261. The van der Waals surface area contributed by atoms with Crippen molar-refractivity contribution >= 4 is 41.4 Å². The van der Waals surface area contributed by atoms with E-state index in [0.717, 1.165) is 31.0 Å². The van der Waals surface area contributed by atoms with Crippen molar-refractivity contribution in [1.29, 1.82) is 0 Å². The number of rotatable bonds is 11. The zero-order valence-corrected chi connectivity index (χ0v) is 17.3. The molecule has 3 atom stereocenters. The lowest BCUT2D eigenvalue weighted by atomic mass is 10.00. The van der Waals surface area contributed by atoms with Gasteiger partial charge in [0.15, 0.2) is 0 Å². The molecular weight excluding hydrogens is 420 g/mol. The van der Waals surface area contributed by atoms with Gasteiger partial charge in [-0.2, -0.15) is 0 Å². The van der Waals surface area contributed by atoms with Crippen LogP contribution in [0.2, 0.25) is 0 Å². The van der Waals surface area contributed by atoms with Crippen LogP contribution in [0.4, 0.5) is 0 Å². The largest absolute Gasteiger partial charge is 0.481 e. The molecule has 0 aliphatic carbocycles. The Hall–Kier alpha value is -2.12. The number of carbonyl (C=O) groups is 3. The number of carboxylic acids is 2. The number of unbranched alkanes of at least 4 members (excludes halogenated alkanes) is 2. The van der Waals surface area contributed by atoms with E-state index in [2.05, 4.69) is 32.9 Å². The number of fused-ring (bicyclic) bond motifs is 1. The summed E-state index contributed by atoms with van der Waals surface area (Å²) >= 11 is 2.48. The maximum absolute atomic E-state index is 12.7. The second-order valence-electron chi connectivity index (χ2n) is 6.64. The smallest absolute Gasteiger partial charge is 0.352 e. The van der Waals surface area contributed by atoms with Crippen LogP contribution in [0.3, 0.4) is 0 Å². The van der Waals surface area contributed by atoms with Gasteiger partial charge in [-0.05, 0) is 29.0 Å². The normalized spacial score (nSPS) is 22.2. The topological polar surface area (TPSA) is 161 Å². The molecular formula is C16H22N6O5S2. The van der Waals surface area contributed by atoms with Crippen LogP contribution < -0.4 is 5.32 Å². The molecule has 0 radical (unpaired) electrons. The van der Waals surface area contributed by atoms with Gasteiger partial charge in [0.25, 0.3) is 0 Å². The van der Waals surface area contributed by atoms with Gasteiger partial charge in [0.05, 0.1) is 6.42 Å². The van der Waals surface area contributed by atoms with Crippen LogP contribution in [0.1, 0.15) is 32.6 Å². The van der Waals surface area contributed by atoms with Crippen LogP contribution in [-0.2, 0) is 14.4 Å². The van der Waals surface area contributed by atoms with Crippen LogP contribution >= 0.6 is 23.5 Å². The van der Waals surface area contributed by atoms with Gasteiger partial charge >= 0.3 is 11.9 Å². The van der Waals surface area contributed by atoms with Crippen LogP contribution in [-0.4, -0.2) is 82.5 Å². The summed E-state index contributed by atoms with van der Waals surface area (Å²) in [5.74, 6) is -2.30. The Morgan fingerprint density at radius 2 is 2.21 bits per heavy atom. The average Bonchev–Trinajstić information content (AvgIpc) is 3.18. The van der Waals surface area contributed by atoms with Crippen molar-refractivity contribution in [1.82, 2.24) is 30.8 Å². The molecule has 0 saturated carbocycles. The van der Waals surface area contributed by atoms with Crippen LogP contribution in [0.5, 0.6) is 0 Å². The fourth-order valence-corrected chi connectivity index (χ4v) is 5.87. The number of tetrazole rings is 1. The quantitative estimate of drug-likeness (QED) is 0.215. The van der Waals surface area contributed by atoms with Gasteiger partial charge in [-0.3, -0.25) is 14.5 Å². The predicted molar refractivity (Wildman–Crippen MR) is 105 cm³/mol. The Morgan fingerprint density at radius 1 is 1.41 bits per heavy atom. The lowest BCUT2D eigenvalue weighted by molar-refractivity contribution is -0.149. The summed E-state index contributed by atoms with van der Waals surface area (Å²) in [6.45, 7) is 2.79. The minimum absolute atomic E-state index is 0.128. The highest BCUT2D eigenvalue weighted by atomic mass is 32.2. The first-order chi connectivity index (χ1) is 13.9. The number of aromatic amines is 1. The average molecular weight is 443 g/mol. The maximum Gasteiger partial charge on any atom is 0.352 e. The molecule has 3 rings (SSSR count). The van der Waals surface area contributed by atoms with Gasteiger partial charge in [0.1, 0.15) is 17.1 Å². The van der Waals surface area contributed by atoms with Gasteiger partial charge in [-0.25, -0.2) is 9.89 Å². The Labute approximate surface area is 175 Å². The van der Waals surface area contributed by atoms with E-state index < -0.39 is 23.2 Å². The molecule has 0 spiro atoms. The number of aromatic nitrogens is 4. The van der Waals surface area contributed by atoms with E-state index in [1.807, 2.05) is 0 Å². The number of hydrogen-bond acceptors (Lipinski definition) is 9. The van der Waals surface area contributed by atoms with E-state index in [9.17, 15) is 24.6 Å². The number of amides is 1. The van der Waals surface area contributed by atoms with Crippen molar-refractivity contribution in [2.24, 2.45) is 0 Å². The molecule has 1 saturated heterocycles. The van der Waals surface area contributed by atoms with Crippen LogP contribution in [0, 0.1) is 0 Å². The summed E-state index contributed by atoms with van der Waals surface area (Å²) in [4.78, 5) is 37.3. The van der Waals surface area contributed by atoms with Gasteiger partial charge in [-0.1, -0.05) is 31.5 Å². The summed E-state index contributed by atoms with van der Waals surface area (Å²) in [5, 5.41) is 34.8. The molecule has 11 nitrogen and oxygen atoms in total. The molecule has 2 aliphatic rings. The highest BCUT2D eigenvalue weighted by Crippen LogP contribution is 2.44. The monoisotopic (exact) mass is 442 g/mol. The first-order valence-electron chi connectivity index (χ1n) is 9.20. The second kappa shape index (κ2) is 9.59. The van der Waals surface area contributed by atoms with Gasteiger partial charge < -0.3 is 15.5 Å². The standard InChI is InChI=1S/C16H22N6O5S2/c1-2-3-4-5-17-11-13(25)22-12(15(26)27)8(7-28-14(11)22)9(6-10(23)24)29-16-18-20-21-19-16/h9,11,14,17H,2-7H2,1H3,(H,23,24)(H,26,27)(H,18,19,20,21)/t9?,11?,14-/m0/s1. The van der Waals surface area contributed by atoms with Crippen LogP contribution in [0.15, 0.2) is 16.4 Å². The number of thioether (sulfide) groups is 2. The molecule has 2 aliphatic heterocycles. The Balaban J connectivity index is 1.81. The van der Waals surface area contributed by atoms with Crippen molar-refractivity contribution in [3.8, 4) is 0 Å². The third-order valence-corrected chi connectivity index (χ3v) is 7.11. The van der Waals surface area contributed by atoms with Crippen molar-refractivity contribution in [3.05, 3.63) is 11.3 Å². The Bertz CT molecular complexity index is 802. The molecule has 1 aromatic rings. The molecule has 1 aromatic heterocycles. The highest BCUT2D eigenvalue weighted by Gasteiger charge is 2.54. The van der Waals surface area contributed by atoms with E-state index >= 15 is 0 Å². The molecule has 3 heterocycles. The van der Waals surface area contributed by atoms with Gasteiger partial charge in [0.2, 0.25) is 11.1 Å². The number of nitrogens with zero attached hydrogens (tertiary/aromatic N) is 4. The molecule has 29 heavy (non-hydrogen) atoms. The number of aliphatic carboxylic acids is 2. The van der Waals surface area contributed by atoms with E-state index in [0.29, 0.717) is 17.9 Å². The highest BCUT2D eigenvalue weighted by molar-refractivity contribution is 8.01. The lowest BCUT2D eigenvalue weighted by Gasteiger charge is -2.50. The molecule has 0 aromatic carbocycles. The third kappa shape index (κ3) is 4.73. The van der Waals surface area contributed by atoms with Crippen molar-refractivity contribution in [2.75, 3.05) is 12.3 Å². The zero-order valence-electron chi connectivity index (χ0n) is 15.7. The van der Waals surface area contributed by atoms with Crippen molar-refractivity contribution in [3.63, 3.8) is 0 Å².